The zero-order valence-corrected chi connectivity index (χ0v) is 17.1. The topological polar surface area (TPSA) is 0 Å². The molecule has 0 amide bonds. The Balaban J connectivity index is 2.84. The van der Waals surface area contributed by atoms with Crippen LogP contribution in [-0.4, -0.2) is 1.43 Å². The first-order valence-electron chi connectivity index (χ1n) is 7.67. The van der Waals surface area contributed by atoms with E-state index in [2.05, 4.69) is 85.0 Å². The molecule has 2 heteroatoms. The maximum absolute atomic E-state index is 2.60. The molecule has 110 valence electrons. The lowest BCUT2D eigenvalue weighted by Gasteiger charge is -2.31. The van der Waals surface area contributed by atoms with Crippen LogP contribution in [0.15, 0.2) is 23.3 Å². The number of allylic oxidation sites excluding steroid dienone is 4. The molecular weight excluding hydrogens is 458 g/mol. The number of unbranched alkanes of at least 4 members (excludes halogenated alkanes) is 1. The molecule has 1 unspecified atom stereocenters. The summed E-state index contributed by atoms with van der Waals surface area (Å²) in [5, 5.41) is 0. The number of halogens is 2. The molecule has 0 saturated heterocycles. The van der Waals surface area contributed by atoms with Gasteiger partial charge in [-0.3, -0.25) is 0 Å². The van der Waals surface area contributed by atoms with Crippen molar-refractivity contribution >= 4 is 45.2 Å². The predicted octanol–water partition coefficient (Wildman–Crippen LogP) is 7.07. The van der Waals surface area contributed by atoms with E-state index in [1.165, 1.54) is 44.1 Å². The fraction of sp³-hybridized carbons (Fsp3) is 0.765. The van der Waals surface area contributed by atoms with E-state index in [9.17, 15) is 0 Å². The standard InChI is InChI=1S/C17H28I2/c1-5-7-9-14(8-6-2)15-11-10-13(3)16(12-15)17(4,18)19/h10,12,14-15H,5-9,11H2,1-4H3/t14?,15-/m0/s1. The van der Waals surface area contributed by atoms with Crippen molar-refractivity contribution in [1.29, 1.82) is 0 Å². The normalized spacial score (nSPS) is 21.9. The third-order valence-corrected chi connectivity index (χ3v) is 5.33. The van der Waals surface area contributed by atoms with Crippen LogP contribution in [0.3, 0.4) is 0 Å². The lowest BCUT2D eigenvalue weighted by molar-refractivity contribution is 0.331. The van der Waals surface area contributed by atoms with Crippen molar-refractivity contribution in [2.24, 2.45) is 11.8 Å². The van der Waals surface area contributed by atoms with Crippen LogP contribution in [0.25, 0.3) is 0 Å². The van der Waals surface area contributed by atoms with Crippen molar-refractivity contribution in [3.63, 3.8) is 0 Å². The van der Waals surface area contributed by atoms with Crippen molar-refractivity contribution in [1.82, 2.24) is 0 Å². The summed E-state index contributed by atoms with van der Waals surface area (Å²) < 4.78 is 0.232. The first-order chi connectivity index (χ1) is 8.90. The summed E-state index contributed by atoms with van der Waals surface area (Å²) >= 11 is 5.14. The van der Waals surface area contributed by atoms with Crippen LogP contribution < -0.4 is 0 Å². The summed E-state index contributed by atoms with van der Waals surface area (Å²) in [6.07, 6.45) is 13.2. The van der Waals surface area contributed by atoms with E-state index in [0.29, 0.717) is 0 Å². The summed E-state index contributed by atoms with van der Waals surface area (Å²) in [5.41, 5.74) is 3.05. The molecule has 0 N–H and O–H groups in total. The van der Waals surface area contributed by atoms with Gasteiger partial charge in [0.05, 0.1) is 1.43 Å². The predicted molar refractivity (Wildman–Crippen MR) is 104 cm³/mol. The molecule has 0 radical (unpaired) electrons. The van der Waals surface area contributed by atoms with Gasteiger partial charge in [0.15, 0.2) is 0 Å². The highest BCUT2D eigenvalue weighted by molar-refractivity contribution is 14.2. The lowest BCUT2D eigenvalue weighted by Crippen LogP contribution is -2.20. The van der Waals surface area contributed by atoms with E-state index < -0.39 is 0 Å². The summed E-state index contributed by atoms with van der Waals surface area (Å²) in [5.74, 6) is 1.66. The molecule has 0 aliphatic heterocycles. The highest BCUT2D eigenvalue weighted by Crippen LogP contribution is 2.43. The molecular formula is C17H28I2. The van der Waals surface area contributed by atoms with Crippen molar-refractivity contribution in [2.45, 2.75) is 67.6 Å². The van der Waals surface area contributed by atoms with Crippen LogP contribution in [0, 0.1) is 11.8 Å². The minimum Gasteiger partial charge on any atom is -0.0807 e. The molecule has 0 aromatic carbocycles. The van der Waals surface area contributed by atoms with Crippen LogP contribution in [0.4, 0.5) is 0 Å². The van der Waals surface area contributed by atoms with Crippen molar-refractivity contribution in [3.05, 3.63) is 23.3 Å². The van der Waals surface area contributed by atoms with Gasteiger partial charge in [0, 0.05) is 0 Å². The van der Waals surface area contributed by atoms with E-state index in [1.54, 1.807) is 5.57 Å². The molecule has 0 nitrogen and oxygen atoms in total. The van der Waals surface area contributed by atoms with E-state index >= 15 is 0 Å². The Morgan fingerprint density at radius 2 is 1.95 bits per heavy atom. The molecule has 0 fully saturated rings. The van der Waals surface area contributed by atoms with Gasteiger partial charge in [-0.05, 0) is 44.1 Å². The minimum absolute atomic E-state index is 0.232. The van der Waals surface area contributed by atoms with Gasteiger partial charge in [-0.15, -0.1) is 0 Å². The van der Waals surface area contributed by atoms with Crippen LogP contribution in [0.1, 0.15) is 66.2 Å². The second-order valence-corrected chi connectivity index (χ2v) is 12.3. The Labute approximate surface area is 147 Å². The number of alkyl halides is 2. The molecule has 2 atom stereocenters. The second-order valence-electron chi connectivity index (χ2n) is 5.95. The molecule has 1 aliphatic carbocycles. The summed E-state index contributed by atoms with van der Waals surface area (Å²) in [7, 11) is 0. The van der Waals surface area contributed by atoms with Gasteiger partial charge >= 0.3 is 0 Å². The van der Waals surface area contributed by atoms with Crippen molar-refractivity contribution < 1.29 is 0 Å². The second kappa shape index (κ2) is 8.40. The molecule has 0 spiro atoms. The SMILES string of the molecule is CCCCC(CCC)[C@@H]1C=C(C(C)(I)I)C(C)=CC1. The minimum atomic E-state index is 0.232. The number of hydrogen-bond acceptors (Lipinski definition) is 0. The lowest BCUT2D eigenvalue weighted by atomic mass is 9.78. The first-order valence-corrected chi connectivity index (χ1v) is 9.83. The Bertz CT molecular complexity index is 334. The Morgan fingerprint density at radius 1 is 1.26 bits per heavy atom. The van der Waals surface area contributed by atoms with Gasteiger partial charge in [0.1, 0.15) is 0 Å². The fourth-order valence-corrected chi connectivity index (χ4v) is 4.28. The van der Waals surface area contributed by atoms with Crippen molar-refractivity contribution in [3.8, 4) is 0 Å². The average molecular weight is 486 g/mol. The summed E-state index contributed by atoms with van der Waals surface area (Å²) in [4.78, 5) is 0. The zero-order chi connectivity index (χ0) is 14.5. The molecule has 0 saturated carbocycles. The fourth-order valence-electron chi connectivity index (χ4n) is 3.07. The van der Waals surface area contributed by atoms with Gasteiger partial charge < -0.3 is 0 Å². The molecule has 0 aromatic rings. The molecule has 1 rings (SSSR count). The third-order valence-electron chi connectivity index (χ3n) is 4.17. The molecule has 0 heterocycles. The molecule has 0 bridgehead atoms. The van der Waals surface area contributed by atoms with Gasteiger partial charge in [-0.25, -0.2) is 0 Å². The van der Waals surface area contributed by atoms with Gasteiger partial charge in [-0.2, -0.15) is 0 Å². The first kappa shape index (κ1) is 18.0. The molecule has 19 heavy (non-hydrogen) atoms. The van der Waals surface area contributed by atoms with E-state index in [1.807, 2.05) is 0 Å². The van der Waals surface area contributed by atoms with E-state index in [0.717, 1.165) is 11.8 Å². The number of hydrogen-bond donors (Lipinski definition) is 0. The largest absolute Gasteiger partial charge is 0.0953 e. The molecule has 1 aliphatic rings. The van der Waals surface area contributed by atoms with Crippen LogP contribution in [-0.2, 0) is 0 Å². The maximum Gasteiger partial charge on any atom is 0.0953 e. The average Bonchev–Trinajstić information content (AvgIpc) is 2.34. The van der Waals surface area contributed by atoms with Gasteiger partial charge in [-0.1, -0.05) is 102 Å². The number of rotatable bonds is 7. The highest BCUT2D eigenvalue weighted by atomic mass is 127. The Morgan fingerprint density at radius 3 is 2.47 bits per heavy atom. The monoisotopic (exact) mass is 486 g/mol. The Kier molecular flexibility index (Phi) is 7.95. The van der Waals surface area contributed by atoms with Gasteiger partial charge in [0.2, 0.25) is 0 Å². The van der Waals surface area contributed by atoms with Crippen molar-refractivity contribution in [2.75, 3.05) is 0 Å². The molecule has 0 aromatic heterocycles. The van der Waals surface area contributed by atoms with E-state index in [4.69, 9.17) is 0 Å². The quantitative estimate of drug-likeness (QED) is 0.267. The summed E-state index contributed by atoms with van der Waals surface area (Å²) in [6, 6.07) is 0. The van der Waals surface area contributed by atoms with Crippen LogP contribution in [0.2, 0.25) is 0 Å². The van der Waals surface area contributed by atoms with Gasteiger partial charge in [0.25, 0.3) is 0 Å². The maximum atomic E-state index is 2.60. The highest BCUT2D eigenvalue weighted by Gasteiger charge is 2.28. The zero-order valence-electron chi connectivity index (χ0n) is 12.8. The van der Waals surface area contributed by atoms with E-state index in [-0.39, 0.29) is 1.43 Å². The van der Waals surface area contributed by atoms with Crippen LogP contribution >= 0.6 is 45.2 Å². The van der Waals surface area contributed by atoms with Crippen LogP contribution in [0.5, 0.6) is 0 Å². The summed E-state index contributed by atoms with van der Waals surface area (Å²) in [6.45, 7) is 9.23. The Hall–Kier alpha value is 0.940. The third kappa shape index (κ3) is 5.68. The smallest absolute Gasteiger partial charge is 0.0807 e.